The molecular formula is C27H49GdN6O7+2. The van der Waals surface area contributed by atoms with Crippen LogP contribution in [0.4, 0.5) is 0 Å². The number of carbonyl (C=O) groups excluding carboxylic acids is 4. The summed E-state index contributed by atoms with van der Waals surface area (Å²) in [5.41, 5.74) is 0.317. The summed E-state index contributed by atoms with van der Waals surface area (Å²) in [7, 11) is 3.26. The Morgan fingerprint density at radius 3 is 1.90 bits per heavy atom. The van der Waals surface area contributed by atoms with E-state index in [1.54, 1.807) is 14.1 Å². The second-order valence-corrected chi connectivity index (χ2v) is 9.83. The number of rotatable bonds is 15. The molecule has 0 atom stereocenters. The minimum absolute atomic E-state index is 0. The molecule has 0 spiro atoms. The minimum Gasteiger partial charge on any atom is -0.549 e. The van der Waals surface area contributed by atoms with Crippen LogP contribution in [0, 0.1) is 39.9 Å². The van der Waals surface area contributed by atoms with Crippen LogP contribution in [0.15, 0.2) is 12.3 Å². The second kappa shape index (κ2) is 23.1. The number of ether oxygens (including phenoxy) is 2. The molecule has 2 amide bonds. The van der Waals surface area contributed by atoms with E-state index >= 15 is 0 Å². The Hall–Kier alpha value is -1.42. The normalized spacial score (nSPS) is 16.0. The van der Waals surface area contributed by atoms with Crippen molar-refractivity contribution in [3.05, 3.63) is 12.3 Å². The number of amides is 2. The van der Waals surface area contributed by atoms with Gasteiger partial charge in [0.1, 0.15) is 6.61 Å². The molecule has 1 N–H and O–H groups in total. The van der Waals surface area contributed by atoms with Gasteiger partial charge in [-0.1, -0.05) is 20.4 Å². The van der Waals surface area contributed by atoms with E-state index in [9.17, 15) is 24.3 Å². The number of carboxylic acid groups (broad SMARTS) is 1. The zero-order valence-corrected chi connectivity index (χ0v) is 27.4. The minimum atomic E-state index is -1.12. The molecule has 1 saturated heterocycles. The maximum Gasteiger partial charge on any atom is 3.00 e. The van der Waals surface area contributed by atoms with E-state index in [1.165, 1.54) is 4.90 Å². The van der Waals surface area contributed by atoms with Gasteiger partial charge in [-0.2, -0.15) is 0 Å². The van der Waals surface area contributed by atoms with Crippen molar-refractivity contribution in [1.29, 1.82) is 0 Å². The van der Waals surface area contributed by atoms with E-state index in [2.05, 4.69) is 35.5 Å². The summed E-state index contributed by atoms with van der Waals surface area (Å²) < 4.78 is 10.5. The molecule has 13 nitrogen and oxygen atoms in total. The predicted molar refractivity (Wildman–Crippen MR) is 149 cm³/mol. The summed E-state index contributed by atoms with van der Waals surface area (Å²) in [6, 6.07) is 0. The van der Waals surface area contributed by atoms with Gasteiger partial charge in [0.25, 0.3) is 5.91 Å². The van der Waals surface area contributed by atoms with E-state index in [0.29, 0.717) is 31.9 Å². The first kappa shape index (κ1) is 39.6. The third kappa shape index (κ3) is 18.0. The van der Waals surface area contributed by atoms with Crippen LogP contribution in [-0.4, -0.2) is 161 Å². The molecule has 0 bridgehead atoms. The number of carboxylic acids is 1. The smallest absolute Gasteiger partial charge is 0.549 e. The molecule has 41 heavy (non-hydrogen) atoms. The summed E-state index contributed by atoms with van der Waals surface area (Å²) in [6.07, 6.45) is 0.117. The van der Waals surface area contributed by atoms with Crippen LogP contribution in [0.25, 0.3) is 0 Å². The van der Waals surface area contributed by atoms with Crippen molar-refractivity contribution in [2.75, 3.05) is 112 Å². The van der Waals surface area contributed by atoms with Crippen LogP contribution < -0.4 is 10.4 Å². The zero-order valence-electron chi connectivity index (χ0n) is 25.2. The van der Waals surface area contributed by atoms with E-state index in [0.717, 1.165) is 39.3 Å². The first-order valence-corrected chi connectivity index (χ1v) is 14.1. The second-order valence-electron chi connectivity index (χ2n) is 9.83. The molecule has 1 heterocycles. The Balaban J connectivity index is 0.0000160. The van der Waals surface area contributed by atoms with Gasteiger partial charge in [-0.15, -0.1) is 0 Å². The molecule has 0 saturated carbocycles. The fraction of sp³-hybridized carbons (Fsp3) is 0.778. The van der Waals surface area contributed by atoms with Crippen molar-refractivity contribution < 1.29 is 73.7 Å². The van der Waals surface area contributed by atoms with Crippen LogP contribution in [0.5, 0.6) is 0 Å². The van der Waals surface area contributed by atoms with Crippen LogP contribution >= 0.6 is 0 Å². The summed E-state index contributed by atoms with van der Waals surface area (Å²) in [5.74, 6) is -2.04. The van der Waals surface area contributed by atoms with Crippen molar-refractivity contribution in [1.82, 2.24) is 29.8 Å². The van der Waals surface area contributed by atoms with Crippen molar-refractivity contribution in [2.45, 2.75) is 26.7 Å². The largest absolute Gasteiger partial charge is 3.00 e. The first-order valence-electron chi connectivity index (χ1n) is 14.1. The van der Waals surface area contributed by atoms with E-state index < -0.39 is 11.9 Å². The van der Waals surface area contributed by atoms with Crippen molar-refractivity contribution in [3.63, 3.8) is 0 Å². The van der Waals surface area contributed by atoms with Crippen molar-refractivity contribution in [3.8, 4) is 0 Å². The monoisotopic (exact) mass is 727 g/mol. The number of hydrogen-bond acceptors (Lipinski definition) is 11. The standard InChI is InChI=1S/C27H50N6O7.Gd/c1-6-30-11-12-31(7-2)15-17-33(18-16-32(14-13-30)22-25(35)36)23(3)27(38)28-10-19-39-20-21-40-26(37)9-8-24(34)29(4)5;/h3,6-22H2,1-2,4-5H3,(H,28,38)(H,35,36);/q;+3/p-1. The van der Waals surface area contributed by atoms with Gasteiger partial charge in [-0.3, -0.25) is 19.3 Å². The SMILES string of the molecule is C=C(C(=O)NCCOCCOC(=O)CCC(=O)N(C)C)N1CCN(CC)CCN(CC)CCN(CC(=O)[O-])CC1.[Gd+3]. The van der Waals surface area contributed by atoms with E-state index in [4.69, 9.17) is 9.47 Å². The maximum atomic E-state index is 12.8. The molecule has 0 aromatic rings. The molecule has 14 heteroatoms. The van der Waals surface area contributed by atoms with Gasteiger partial charge in [0.05, 0.1) is 31.3 Å². The quantitative estimate of drug-likeness (QED) is 0.115. The fourth-order valence-electron chi connectivity index (χ4n) is 4.08. The van der Waals surface area contributed by atoms with Crippen molar-refractivity contribution in [2.24, 2.45) is 0 Å². The average Bonchev–Trinajstić information content (AvgIpc) is 2.91. The Bertz CT molecular complexity index is 817. The zero-order chi connectivity index (χ0) is 29.9. The number of hydrogen-bond donors (Lipinski definition) is 1. The third-order valence-corrected chi connectivity index (χ3v) is 6.79. The molecule has 0 unspecified atom stereocenters. The first-order chi connectivity index (χ1) is 19.1. The molecule has 0 aliphatic carbocycles. The fourth-order valence-corrected chi connectivity index (χ4v) is 4.08. The van der Waals surface area contributed by atoms with Crippen molar-refractivity contribution >= 4 is 23.8 Å². The number of nitrogens with one attached hydrogen (secondary N) is 1. The molecule has 1 rings (SSSR count). The van der Waals surface area contributed by atoms with Gasteiger partial charge in [0.2, 0.25) is 5.91 Å². The summed E-state index contributed by atoms with van der Waals surface area (Å²) in [5, 5.41) is 14.1. The third-order valence-electron chi connectivity index (χ3n) is 6.79. The topological polar surface area (TPSA) is 138 Å². The number of esters is 1. The Kier molecular flexibility index (Phi) is 22.3. The maximum absolute atomic E-state index is 12.8. The molecule has 1 aliphatic heterocycles. The molecule has 235 valence electrons. The van der Waals surface area contributed by atoms with Gasteiger partial charge in [-0.05, 0) is 13.1 Å². The van der Waals surface area contributed by atoms with Crippen LogP contribution in [0.3, 0.4) is 0 Å². The van der Waals surface area contributed by atoms with Gasteiger partial charge in [0, 0.05) is 86.0 Å². The Labute approximate surface area is 277 Å². The van der Waals surface area contributed by atoms with Gasteiger partial charge >= 0.3 is 45.9 Å². The van der Waals surface area contributed by atoms with Gasteiger partial charge in [-0.25, -0.2) is 0 Å². The molecule has 1 aliphatic rings. The number of aliphatic carboxylic acids is 1. The van der Waals surface area contributed by atoms with E-state index in [1.807, 2.05) is 9.80 Å². The van der Waals surface area contributed by atoms with Gasteiger partial charge < -0.3 is 44.3 Å². The Morgan fingerprint density at radius 1 is 0.829 bits per heavy atom. The molecule has 0 aromatic carbocycles. The van der Waals surface area contributed by atoms with Crippen LogP contribution in [0.1, 0.15) is 26.7 Å². The molecular weight excluding hydrogens is 678 g/mol. The number of nitrogens with zero attached hydrogens (tertiary/aromatic N) is 5. The number of likely N-dealkylation sites (N-methyl/N-ethyl adjacent to an activating group) is 2. The van der Waals surface area contributed by atoms with Crippen LogP contribution in [-0.2, 0) is 28.7 Å². The predicted octanol–water partition coefficient (Wildman–Crippen LogP) is -1.94. The van der Waals surface area contributed by atoms with E-state index in [-0.39, 0.29) is 97.5 Å². The van der Waals surface area contributed by atoms with Gasteiger partial charge in [0.15, 0.2) is 0 Å². The summed E-state index contributed by atoms with van der Waals surface area (Å²) >= 11 is 0. The molecule has 0 aromatic heterocycles. The number of carbonyl (C=O) groups is 4. The molecule has 1 fully saturated rings. The summed E-state index contributed by atoms with van der Waals surface area (Å²) in [4.78, 5) is 57.1. The average molecular weight is 727 g/mol. The summed E-state index contributed by atoms with van der Waals surface area (Å²) in [6.45, 7) is 16.0. The Morgan fingerprint density at radius 2 is 1.37 bits per heavy atom. The molecule has 1 radical (unpaired) electrons. The van der Waals surface area contributed by atoms with Crippen LogP contribution in [0.2, 0.25) is 0 Å².